The maximum Gasteiger partial charge on any atom is 0.251 e. The summed E-state index contributed by atoms with van der Waals surface area (Å²) in [6.45, 7) is 5.86. The van der Waals surface area contributed by atoms with Crippen LogP contribution in [-0.4, -0.2) is 30.3 Å². The maximum atomic E-state index is 11.8. The number of aliphatic hydroxyl groups is 1. The van der Waals surface area contributed by atoms with E-state index in [9.17, 15) is 4.79 Å². The van der Waals surface area contributed by atoms with E-state index in [2.05, 4.69) is 11.9 Å². The van der Waals surface area contributed by atoms with Gasteiger partial charge in [-0.2, -0.15) is 0 Å². The molecule has 98 valence electrons. The van der Waals surface area contributed by atoms with Gasteiger partial charge in [-0.15, -0.1) is 0 Å². The fraction of sp³-hybridized carbons (Fsp3) is 0.357. The second-order valence-electron chi connectivity index (χ2n) is 3.89. The lowest BCUT2D eigenvalue weighted by Gasteiger charge is -2.14. The average molecular weight is 249 g/mol. The molecule has 0 aliphatic rings. The van der Waals surface area contributed by atoms with E-state index in [0.29, 0.717) is 24.3 Å². The molecule has 0 aliphatic heterocycles. The smallest absolute Gasteiger partial charge is 0.251 e. The van der Waals surface area contributed by atoms with E-state index in [4.69, 9.17) is 9.84 Å². The molecule has 1 rings (SSSR count). The van der Waals surface area contributed by atoms with Crippen LogP contribution in [-0.2, 0) is 0 Å². The predicted molar refractivity (Wildman–Crippen MR) is 70.8 cm³/mol. The van der Waals surface area contributed by atoms with Crippen molar-refractivity contribution in [3.8, 4) is 5.75 Å². The highest BCUT2D eigenvalue weighted by Gasteiger charge is 2.10. The Balaban J connectivity index is 2.61. The Bertz CT molecular complexity index is 383. The van der Waals surface area contributed by atoms with Crippen molar-refractivity contribution >= 4 is 5.91 Å². The lowest BCUT2D eigenvalue weighted by Crippen LogP contribution is -2.36. The molecule has 2 N–H and O–H groups in total. The second-order valence-corrected chi connectivity index (χ2v) is 3.89. The average Bonchev–Trinajstić information content (AvgIpc) is 2.42. The van der Waals surface area contributed by atoms with Crippen molar-refractivity contribution in [2.45, 2.75) is 19.4 Å². The zero-order valence-electron chi connectivity index (χ0n) is 10.6. The Morgan fingerprint density at radius 2 is 2.17 bits per heavy atom. The normalized spacial score (nSPS) is 11.7. The Labute approximate surface area is 107 Å². The van der Waals surface area contributed by atoms with Crippen LogP contribution in [0, 0.1) is 0 Å². The summed E-state index contributed by atoms with van der Waals surface area (Å²) in [7, 11) is 0. The third-order valence-electron chi connectivity index (χ3n) is 2.53. The van der Waals surface area contributed by atoms with E-state index in [0.717, 1.165) is 0 Å². The summed E-state index contributed by atoms with van der Waals surface area (Å²) in [6, 6.07) is 6.65. The number of ether oxygens (including phenoxy) is 1. The molecule has 0 saturated heterocycles. The molecule has 0 radical (unpaired) electrons. The molecule has 4 nitrogen and oxygen atoms in total. The molecule has 0 aromatic heterocycles. The number of hydrogen-bond donors (Lipinski definition) is 2. The van der Waals surface area contributed by atoms with Crippen molar-refractivity contribution in [3.05, 3.63) is 42.5 Å². The first-order valence-electron chi connectivity index (χ1n) is 5.96. The summed E-state index contributed by atoms with van der Waals surface area (Å²) in [5, 5.41) is 11.8. The summed E-state index contributed by atoms with van der Waals surface area (Å²) in [5.41, 5.74) is 0.549. The molecule has 0 spiro atoms. The Morgan fingerprint density at radius 3 is 2.67 bits per heavy atom. The van der Waals surface area contributed by atoms with Crippen molar-refractivity contribution < 1.29 is 14.6 Å². The predicted octanol–water partition coefficient (Wildman–Crippen LogP) is 1.75. The SMILES string of the molecule is C=CCOc1ccc(C(=O)N[C@H](CC)CO)cc1. The van der Waals surface area contributed by atoms with Crippen LogP contribution in [0.4, 0.5) is 0 Å². The number of nitrogens with one attached hydrogen (secondary N) is 1. The van der Waals surface area contributed by atoms with Gasteiger partial charge in [-0.25, -0.2) is 0 Å². The topological polar surface area (TPSA) is 58.6 Å². The van der Waals surface area contributed by atoms with Gasteiger partial charge in [0, 0.05) is 5.56 Å². The third-order valence-corrected chi connectivity index (χ3v) is 2.53. The van der Waals surface area contributed by atoms with Crippen LogP contribution < -0.4 is 10.1 Å². The van der Waals surface area contributed by atoms with Gasteiger partial charge in [0.15, 0.2) is 0 Å². The number of carbonyl (C=O) groups excluding carboxylic acids is 1. The van der Waals surface area contributed by atoms with Crippen molar-refractivity contribution in [3.63, 3.8) is 0 Å². The van der Waals surface area contributed by atoms with Gasteiger partial charge in [-0.1, -0.05) is 19.6 Å². The minimum atomic E-state index is -0.200. The molecule has 1 atom stereocenters. The van der Waals surface area contributed by atoms with Gasteiger partial charge in [0.2, 0.25) is 0 Å². The minimum absolute atomic E-state index is 0.0528. The Morgan fingerprint density at radius 1 is 1.50 bits per heavy atom. The summed E-state index contributed by atoms with van der Waals surface area (Å²) < 4.78 is 5.32. The number of benzene rings is 1. The van der Waals surface area contributed by atoms with Crippen LogP contribution in [0.25, 0.3) is 0 Å². The van der Waals surface area contributed by atoms with Crippen LogP contribution in [0.2, 0.25) is 0 Å². The number of aliphatic hydroxyl groups excluding tert-OH is 1. The molecule has 1 aromatic rings. The minimum Gasteiger partial charge on any atom is -0.490 e. The van der Waals surface area contributed by atoms with Crippen LogP contribution in [0.3, 0.4) is 0 Å². The van der Waals surface area contributed by atoms with Crippen LogP contribution in [0.1, 0.15) is 23.7 Å². The number of hydrogen-bond acceptors (Lipinski definition) is 3. The molecule has 0 heterocycles. The molecular weight excluding hydrogens is 230 g/mol. The lowest BCUT2D eigenvalue weighted by molar-refractivity contribution is 0.0915. The van der Waals surface area contributed by atoms with Crippen LogP contribution in [0.5, 0.6) is 5.75 Å². The number of amides is 1. The van der Waals surface area contributed by atoms with Gasteiger partial charge < -0.3 is 15.2 Å². The molecule has 1 aromatic carbocycles. The maximum absolute atomic E-state index is 11.8. The number of rotatable bonds is 7. The van der Waals surface area contributed by atoms with Crippen molar-refractivity contribution in [1.29, 1.82) is 0 Å². The van der Waals surface area contributed by atoms with E-state index < -0.39 is 0 Å². The van der Waals surface area contributed by atoms with Crippen LogP contribution in [0.15, 0.2) is 36.9 Å². The third kappa shape index (κ3) is 4.22. The summed E-state index contributed by atoms with van der Waals surface area (Å²) in [5.74, 6) is 0.506. The zero-order chi connectivity index (χ0) is 13.4. The van der Waals surface area contributed by atoms with Gasteiger partial charge in [-0.3, -0.25) is 4.79 Å². The Hall–Kier alpha value is -1.81. The van der Waals surface area contributed by atoms with Crippen LogP contribution >= 0.6 is 0 Å². The summed E-state index contributed by atoms with van der Waals surface area (Å²) >= 11 is 0. The monoisotopic (exact) mass is 249 g/mol. The quantitative estimate of drug-likeness (QED) is 0.724. The van der Waals surface area contributed by atoms with E-state index in [-0.39, 0.29) is 18.6 Å². The fourth-order valence-electron chi connectivity index (χ4n) is 1.40. The highest BCUT2D eigenvalue weighted by Crippen LogP contribution is 2.12. The molecule has 1 amide bonds. The second kappa shape index (κ2) is 7.50. The fourth-order valence-corrected chi connectivity index (χ4v) is 1.40. The molecular formula is C14H19NO3. The van der Waals surface area contributed by atoms with Gasteiger partial charge >= 0.3 is 0 Å². The van der Waals surface area contributed by atoms with E-state index >= 15 is 0 Å². The molecule has 18 heavy (non-hydrogen) atoms. The van der Waals surface area contributed by atoms with E-state index in [1.54, 1.807) is 30.3 Å². The van der Waals surface area contributed by atoms with Gasteiger partial charge in [0.25, 0.3) is 5.91 Å². The van der Waals surface area contributed by atoms with Gasteiger partial charge in [-0.05, 0) is 30.7 Å². The molecule has 0 unspecified atom stereocenters. The van der Waals surface area contributed by atoms with E-state index in [1.165, 1.54) is 0 Å². The van der Waals surface area contributed by atoms with Gasteiger partial charge in [0.05, 0.1) is 12.6 Å². The first-order chi connectivity index (χ1) is 8.71. The highest BCUT2D eigenvalue weighted by molar-refractivity contribution is 5.94. The molecule has 0 aliphatic carbocycles. The first kappa shape index (κ1) is 14.3. The standard InChI is InChI=1S/C14H19NO3/c1-3-9-18-13-7-5-11(6-8-13)14(17)15-12(4-2)10-16/h3,5-8,12,16H,1,4,9-10H2,2H3,(H,15,17)/t12-/m1/s1. The largest absolute Gasteiger partial charge is 0.490 e. The van der Waals surface area contributed by atoms with Crippen molar-refractivity contribution in [2.24, 2.45) is 0 Å². The van der Waals surface area contributed by atoms with Gasteiger partial charge in [0.1, 0.15) is 12.4 Å². The lowest BCUT2D eigenvalue weighted by atomic mass is 10.1. The molecule has 4 heteroatoms. The molecule has 0 fully saturated rings. The Kier molecular flexibility index (Phi) is 5.94. The van der Waals surface area contributed by atoms with E-state index in [1.807, 2.05) is 6.92 Å². The first-order valence-corrected chi connectivity index (χ1v) is 5.96. The summed E-state index contributed by atoms with van der Waals surface area (Å²) in [6.07, 6.45) is 2.36. The summed E-state index contributed by atoms with van der Waals surface area (Å²) in [4.78, 5) is 11.8. The molecule has 0 bridgehead atoms. The van der Waals surface area contributed by atoms with Crippen molar-refractivity contribution in [1.82, 2.24) is 5.32 Å². The zero-order valence-corrected chi connectivity index (χ0v) is 10.6. The number of carbonyl (C=O) groups is 1. The van der Waals surface area contributed by atoms with Crippen molar-refractivity contribution in [2.75, 3.05) is 13.2 Å². The highest BCUT2D eigenvalue weighted by atomic mass is 16.5. The molecule has 0 saturated carbocycles.